The molecule has 0 atom stereocenters. The minimum atomic E-state index is 0.604. The Balaban J connectivity index is 1.99. The number of nitrogens with two attached hydrogens (primary N) is 1. The number of nitrogens with zero attached hydrogens (tertiary/aromatic N) is 3. The summed E-state index contributed by atoms with van der Waals surface area (Å²) in [5, 5.41) is 0. The summed E-state index contributed by atoms with van der Waals surface area (Å²) in [5.74, 6) is 1.62. The maximum atomic E-state index is 5.69. The molecule has 4 nitrogen and oxygen atoms in total. The fourth-order valence-corrected chi connectivity index (χ4v) is 2.23. The summed E-state index contributed by atoms with van der Waals surface area (Å²) in [7, 11) is 4.30. The zero-order valence-corrected chi connectivity index (χ0v) is 10.1. The molecule has 2 heterocycles. The average Bonchev–Trinajstić information content (AvgIpc) is 2.29. The number of anilines is 2. The van der Waals surface area contributed by atoms with Gasteiger partial charge < -0.3 is 15.5 Å². The Hall–Kier alpha value is -1.29. The van der Waals surface area contributed by atoms with E-state index in [1.54, 1.807) is 0 Å². The molecule has 0 saturated carbocycles. The van der Waals surface area contributed by atoms with Gasteiger partial charge in [-0.15, -0.1) is 0 Å². The molecule has 0 aliphatic carbocycles. The standard InChI is InChI=1S/C12H20N4/c1-15(2)10-6-8-16(9-7-10)12-5-3-4-11(13)14-12/h3-5,10H,6-9H2,1-2H3,(H2,13,14). The van der Waals surface area contributed by atoms with Gasteiger partial charge in [-0.25, -0.2) is 4.98 Å². The molecule has 1 aromatic rings. The number of hydrogen-bond acceptors (Lipinski definition) is 4. The zero-order valence-electron chi connectivity index (χ0n) is 10.1. The SMILES string of the molecule is CN(C)C1CCN(c2cccc(N)n2)CC1. The van der Waals surface area contributed by atoms with Crippen LogP contribution in [-0.4, -0.2) is 43.1 Å². The lowest BCUT2D eigenvalue weighted by molar-refractivity contribution is 0.249. The third-order valence-corrected chi connectivity index (χ3v) is 3.27. The minimum Gasteiger partial charge on any atom is -0.384 e. The first-order valence-corrected chi connectivity index (χ1v) is 5.81. The highest BCUT2D eigenvalue weighted by atomic mass is 15.2. The summed E-state index contributed by atoms with van der Waals surface area (Å²) < 4.78 is 0. The molecule has 0 radical (unpaired) electrons. The van der Waals surface area contributed by atoms with Gasteiger partial charge in [0, 0.05) is 19.1 Å². The van der Waals surface area contributed by atoms with E-state index >= 15 is 0 Å². The van der Waals surface area contributed by atoms with E-state index in [-0.39, 0.29) is 0 Å². The van der Waals surface area contributed by atoms with Crippen molar-refractivity contribution in [3.63, 3.8) is 0 Å². The van der Waals surface area contributed by atoms with Crippen LogP contribution in [0.2, 0.25) is 0 Å². The first kappa shape index (κ1) is 11.2. The Morgan fingerprint density at radius 2 is 2.00 bits per heavy atom. The van der Waals surface area contributed by atoms with Crippen molar-refractivity contribution in [3.8, 4) is 0 Å². The molecule has 16 heavy (non-hydrogen) atoms. The lowest BCUT2D eigenvalue weighted by Gasteiger charge is -2.35. The van der Waals surface area contributed by atoms with Crippen LogP contribution in [0, 0.1) is 0 Å². The molecule has 0 unspecified atom stereocenters. The van der Waals surface area contributed by atoms with Crippen molar-refractivity contribution in [2.45, 2.75) is 18.9 Å². The highest BCUT2D eigenvalue weighted by Gasteiger charge is 2.21. The Kier molecular flexibility index (Phi) is 3.29. The smallest absolute Gasteiger partial charge is 0.130 e. The van der Waals surface area contributed by atoms with Gasteiger partial charge in [0.05, 0.1) is 0 Å². The van der Waals surface area contributed by atoms with Crippen molar-refractivity contribution in [1.82, 2.24) is 9.88 Å². The van der Waals surface area contributed by atoms with Gasteiger partial charge in [0.1, 0.15) is 11.6 Å². The van der Waals surface area contributed by atoms with Gasteiger partial charge in [0.15, 0.2) is 0 Å². The number of hydrogen-bond donors (Lipinski definition) is 1. The van der Waals surface area contributed by atoms with Gasteiger partial charge in [0.2, 0.25) is 0 Å². The maximum Gasteiger partial charge on any atom is 0.130 e. The van der Waals surface area contributed by atoms with Crippen LogP contribution < -0.4 is 10.6 Å². The summed E-state index contributed by atoms with van der Waals surface area (Å²) in [6, 6.07) is 6.54. The molecule has 1 aliphatic heterocycles. The van der Waals surface area contributed by atoms with Crippen molar-refractivity contribution in [1.29, 1.82) is 0 Å². The Morgan fingerprint density at radius 1 is 1.31 bits per heavy atom. The van der Waals surface area contributed by atoms with Crippen LogP contribution in [0.15, 0.2) is 18.2 Å². The summed E-state index contributed by atoms with van der Waals surface area (Å²) >= 11 is 0. The third kappa shape index (κ3) is 2.44. The molecule has 1 aliphatic rings. The minimum absolute atomic E-state index is 0.604. The number of rotatable bonds is 2. The third-order valence-electron chi connectivity index (χ3n) is 3.27. The zero-order chi connectivity index (χ0) is 11.5. The molecule has 88 valence electrons. The van der Waals surface area contributed by atoms with Crippen LogP contribution in [0.25, 0.3) is 0 Å². The van der Waals surface area contributed by atoms with Crippen LogP contribution in [0.1, 0.15) is 12.8 Å². The van der Waals surface area contributed by atoms with Crippen LogP contribution in [0.4, 0.5) is 11.6 Å². The quantitative estimate of drug-likeness (QED) is 0.813. The van der Waals surface area contributed by atoms with Gasteiger partial charge in [-0.3, -0.25) is 0 Å². The van der Waals surface area contributed by atoms with E-state index in [1.807, 2.05) is 18.2 Å². The van der Waals surface area contributed by atoms with Gasteiger partial charge in [-0.1, -0.05) is 6.07 Å². The first-order valence-electron chi connectivity index (χ1n) is 5.81. The van der Waals surface area contributed by atoms with E-state index in [4.69, 9.17) is 5.73 Å². The van der Waals surface area contributed by atoms with Crippen molar-refractivity contribution < 1.29 is 0 Å². The molecular weight excluding hydrogens is 200 g/mol. The normalized spacial score (nSPS) is 18.1. The average molecular weight is 220 g/mol. The lowest BCUT2D eigenvalue weighted by Crippen LogP contribution is -2.42. The van der Waals surface area contributed by atoms with Crippen molar-refractivity contribution in [3.05, 3.63) is 18.2 Å². The van der Waals surface area contributed by atoms with Crippen molar-refractivity contribution in [2.24, 2.45) is 0 Å². The molecular formula is C12H20N4. The second kappa shape index (κ2) is 4.70. The molecule has 1 fully saturated rings. The molecule has 4 heteroatoms. The molecule has 0 bridgehead atoms. The molecule has 0 amide bonds. The summed E-state index contributed by atoms with van der Waals surface area (Å²) in [5.41, 5.74) is 5.69. The summed E-state index contributed by atoms with van der Waals surface area (Å²) in [6.07, 6.45) is 2.40. The van der Waals surface area contributed by atoms with Crippen molar-refractivity contribution >= 4 is 11.6 Å². The predicted molar refractivity (Wildman–Crippen MR) is 67.6 cm³/mol. The second-order valence-electron chi connectivity index (χ2n) is 4.60. The summed E-state index contributed by atoms with van der Waals surface area (Å²) in [4.78, 5) is 8.98. The lowest BCUT2D eigenvalue weighted by atomic mass is 10.0. The number of aromatic nitrogens is 1. The Bertz CT molecular complexity index is 343. The van der Waals surface area contributed by atoms with E-state index in [1.165, 1.54) is 12.8 Å². The second-order valence-corrected chi connectivity index (χ2v) is 4.60. The van der Waals surface area contributed by atoms with E-state index in [0.717, 1.165) is 18.9 Å². The largest absolute Gasteiger partial charge is 0.384 e. The number of pyridine rings is 1. The predicted octanol–water partition coefficient (Wildman–Crippen LogP) is 1.19. The van der Waals surface area contributed by atoms with E-state index in [0.29, 0.717) is 11.9 Å². The first-order chi connectivity index (χ1) is 7.66. The van der Waals surface area contributed by atoms with Gasteiger partial charge in [0.25, 0.3) is 0 Å². The molecule has 1 aromatic heterocycles. The monoisotopic (exact) mass is 220 g/mol. The Labute approximate surface area is 97.1 Å². The number of piperidine rings is 1. The van der Waals surface area contributed by atoms with Gasteiger partial charge in [-0.05, 0) is 39.1 Å². The molecule has 2 N–H and O–H groups in total. The fourth-order valence-electron chi connectivity index (χ4n) is 2.23. The van der Waals surface area contributed by atoms with Crippen LogP contribution in [0.3, 0.4) is 0 Å². The van der Waals surface area contributed by atoms with Gasteiger partial charge >= 0.3 is 0 Å². The van der Waals surface area contributed by atoms with Crippen molar-refractivity contribution in [2.75, 3.05) is 37.8 Å². The highest BCUT2D eigenvalue weighted by Crippen LogP contribution is 2.20. The highest BCUT2D eigenvalue weighted by molar-refractivity contribution is 5.45. The van der Waals surface area contributed by atoms with Crippen LogP contribution in [0.5, 0.6) is 0 Å². The van der Waals surface area contributed by atoms with Crippen LogP contribution >= 0.6 is 0 Å². The fraction of sp³-hybridized carbons (Fsp3) is 0.583. The Morgan fingerprint density at radius 3 is 2.56 bits per heavy atom. The van der Waals surface area contributed by atoms with E-state index in [2.05, 4.69) is 28.9 Å². The number of nitrogen functional groups attached to an aromatic ring is 1. The molecule has 2 rings (SSSR count). The molecule has 0 aromatic carbocycles. The summed E-state index contributed by atoms with van der Waals surface area (Å²) in [6.45, 7) is 2.14. The maximum absolute atomic E-state index is 5.69. The van der Waals surface area contributed by atoms with E-state index < -0.39 is 0 Å². The van der Waals surface area contributed by atoms with Crippen LogP contribution in [-0.2, 0) is 0 Å². The topological polar surface area (TPSA) is 45.4 Å². The molecule has 0 spiro atoms. The van der Waals surface area contributed by atoms with E-state index in [9.17, 15) is 0 Å². The molecule has 1 saturated heterocycles. The van der Waals surface area contributed by atoms with Gasteiger partial charge in [-0.2, -0.15) is 0 Å².